The van der Waals surface area contributed by atoms with Gasteiger partial charge in [0.2, 0.25) is 5.78 Å². The van der Waals surface area contributed by atoms with Gasteiger partial charge in [-0.05, 0) is 31.2 Å². The zero-order valence-electron chi connectivity index (χ0n) is 14.6. The molecule has 136 valence electrons. The molecular weight excluding hydrogens is 350 g/mol. The van der Waals surface area contributed by atoms with E-state index in [-0.39, 0.29) is 23.6 Å². The number of hydrogen-bond acceptors (Lipinski definition) is 5. The first-order chi connectivity index (χ1) is 12.6. The maximum atomic E-state index is 12.4. The number of rotatable bonds is 5. The van der Waals surface area contributed by atoms with E-state index in [1.54, 1.807) is 36.1 Å². The van der Waals surface area contributed by atoms with Gasteiger partial charge in [-0.2, -0.15) is 0 Å². The smallest absolute Gasteiger partial charge is 0.309 e. The zero-order chi connectivity index (χ0) is 18.5. The van der Waals surface area contributed by atoms with Gasteiger partial charge < -0.3 is 9.64 Å². The molecule has 0 radical (unpaired) electrons. The topological polar surface area (TPSA) is 63.7 Å². The lowest BCUT2D eigenvalue weighted by Gasteiger charge is -2.31. The third-order valence-corrected chi connectivity index (χ3v) is 5.43. The summed E-state index contributed by atoms with van der Waals surface area (Å²) in [5.74, 6) is -0.817. The summed E-state index contributed by atoms with van der Waals surface area (Å²) >= 11 is 1.42. The van der Waals surface area contributed by atoms with Crippen molar-refractivity contribution in [3.8, 4) is 0 Å². The second kappa shape index (κ2) is 8.27. The number of carbonyl (C=O) groups excluding carboxylic acids is 3. The molecule has 0 saturated carbocycles. The van der Waals surface area contributed by atoms with Crippen molar-refractivity contribution in [2.75, 3.05) is 13.1 Å². The molecule has 2 heterocycles. The minimum absolute atomic E-state index is 0.0134. The summed E-state index contributed by atoms with van der Waals surface area (Å²) < 4.78 is 5.38. The Morgan fingerprint density at radius 3 is 2.38 bits per heavy atom. The molecular formula is C20H21NO4S. The highest BCUT2D eigenvalue weighted by molar-refractivity contribution is 7.12. The van der Waals surface area contributed by atoms with Crippen LogP contribution in [0.1, 0.15) is 39.8 Å². The second-order valence-corrected chi connectivity index (χ2v) is 7.30. The van der Waals surface area contributed by atoms with Crippen LogP contribution in [0.15, 0.2) is 47.8 Å². The average molecular weight is 371 g/mol. The summed E-state index contributed by atoms with van der Waals surface area (Å²) in [5, 5.41) is 1.88. The van der Waals surface area contributed by atoms with Crippen molar-refractivity contribution in [2.45, 2.75) is 25.9 Å². The number of likely N-dealkylation sites (tertiary alicyclic amines) is 1. The van der Waals surface area contributed by atoms with Crippen molar-refractivity contribution in [1.82, 2.24) is 4.90 Å². The monoisotopic (exact) mass is 371 g/mol. The standard InChI is InChI=1S/C20H21NO4S/c1-14(18(22)15-6-3-2-4-7-15)25-20(24)16-9-11-21(12-10-16)19(23)17-8-5-13-26-17/h2-8,13-14,16H,9-12H2,1H3/t14-/m0/s1. The molecule has 1 fully saturated rings. The number of nitrogens with zero attached hydrogens (tertiary/aromatic N) is 1. The molecule has 1 aliphatic heterocycles. The number of amides is 1. The van der Waals surface area contributed by atoms with Gasteiger partial charge >= 0.3 is 5.97 Å². The van der Waals surface area contributed by atoms with Gasteiger partial charge in [-0.3, -0.25) is 14.4 Å². The summed E-state index contributed by atoms with van der Waals surface area (Å²) in [5.41, 5.74) is 0.532. The molecule has 0 N–H and O–H groups in total. The van der Waals surface area contributed by atoms with Crippen molar-refractivity contribution >= 4 is 29.0 Å². The number of piperidine rings is 1. The summed E-state index contributed by atoms with van der Waals surface area (Å²) in [4.78, 5) is 39.5. The van der Waals surface area contributed by atoms with Crippen LogP contribution in [0.25, 0.3) is 0 Å². The van der Waals surface area contributed by atoms with E-state index in [1.165, 1.54) is 11.3 Å². The number of Topliss-reactive ketones (excluding diaryl/α,β-unsaturated/α-hetero) is 1. The molecule has 1 atom stereocenters. The van der Waals surface area contributed by atoms with Gasteiger partial charge in [-0.1, -0.05) is 36.4 Å². The van der Waals surface area contributed by atoms with E-state index < -0.39 is 6.10 Å². The van der Waals surface area contributed by atoms with Crippen LogP contribution in [0, 0.1) is 5.92 Å². The molecule has 2 aromatic rings. The Bertz CT molecular complexity index is 764. The van der Waals surface area contributed by atoms with Gasteiger partial charge in [-0.15, -0.1) is 11.3 Å². The maximum absolute atomic E-state index is 12.4. The van der Waals surface area contributed by atoms with E-state index in [2.05, 4.69) is 0 Å². The molecule has 26 heavy (non-hydrogen) atoms. The molecule has 5 nitrogen and oxygen atoms in total. The molecule has 0 unspecified atom stereocenters. The number of hydrogen-bond donors (Lipinski definition) is 0. The SMILES string of the molecule is C[C@H](OC(=O)C1CCN(C(=O)c2cccs2)CC1)C(=O)c1ccccc1. The Hall–Kier alpha value is -2.47. The highest BCUT2D eigenvalue weighted by Gasteiger charge is 2.31. The predicted molar refractivity (Wildman–Crippen MR) is 99.3 cm³/mol. The van der Waals surface area contributed by atoms with E-state index in [0.29, 0.717) is 36.4 Å². The van der Waals surface area contributed by atoms with E-state index in [9.17, 15) is 14.4 Å². The molecule has 1 aromatic carbocycles. The molecule has 1 aromatic heterocycles. The minimum Gasteiger partial charge on any atom is -0.454 e. The summed E-state index contributed by atoms with van der Waals surface area (Å²) in [6, 6.07) is 12.5. The third kappa shape index (κ3) is 4.19. The van der Waals surface area contributed by atoms with Gasteiger partial charge in [0.25, 0.3) is 5.91 Å². The van der Waals surface area contributed by atoms with Crippen molar-refractivity contribution in [3.63, 3.8) is 0 Å². The highest BCUT2D eigenvalue weighted by atomic mass is 32.1. The first-order valence-electron chi connectivity index (χ1n) is 8.69. The van der Waals surface area contributed by atoms with Crippen LogP contribution in [-0.4, -0.2) is 41.8 Å². The molecule has 0 aliphatic carbocycles. The van der Waals surface area contributed by atoms with Crippen molar-refractivity contribution < 1.29 is 19.1 Å². The first kappa shape index (κ1) is 18.3. The number of ether oxygens (including phenoxy) is 1. The Morgan fingerprint density at radius 1 is 1.08 bits per heavy atom. The lowest BCUT2D eigenvalue weighted by atomic mass is 9.96. The molecule has 6 heteroatoms. The van der Waals surface area contributed by atoms with E-state index in [1.807, 2.05) is 23.6 Å². The predicted octanol–water partition coefficient (Wildman–Crippen LogP) is 3.41. The van der Waals surface area contributed by atoms with Crippen molar-refractivity contribution in [3.05, 3.63) is 58.3 Å². The average Bonchev–Trinajstić information content (AvgIpc) is 3.22. The van der Waals surface area contributed by atoms with Crippen LogP contribution in [0.3, 0.4) is 0 Å². The zero-order valence-corrected chi connectivity index (χ0v) is 15.4. The Kier molecular flexibility index (Phi) is 5.83. The second-order valence-electron chi connectivity index (χ2n) is 6.35. The Morgan fingerprint density at radius 2 is 1.77 bits per heavy atom. The Labute approximate surface area is 156 Å². The van der Waals surface area contributed by atoms with Crippen LogP contribution >= 0.6 is 11.3 Å². The van der Waals surface area contributed by atoms with Gasteiger partial charge in [0.1, 0.15) is 0 Å². The number of carbonyl (C=O) groups is 3. The van der Waals surface area contributed by atoms with E-state index in [4.69, 9.17) is 4.74 Å². The first-order valence-corrected chi connectivity index (χ1v) is 9.56. The fraction of sp³-hybridized carbons (Fsp3) is 0.350. The van der Waals surface area contributed by atoms with Gasteiger partial charge in [0.15, 0.2) is 6.10 Å². The summed E-state index contributed by atoms with van der Waals surface area (Å²) in [6.07, 6.45) is 0.306. The number of thiophene rings is 1. The Balaban J connectivity index is 1.50. The molecule has 1 aliphatic rings. The molecule has 0 bridgehead atoms. The van der Waals surface area contributed by atoms with Crippen LogP contribution in [0.5, 0.6) is 0 Å². The third-order valence-electron chi connectivity index (χ3n) is 4.57. The quantitative estimate of drug-likeness (QED) is 0.597. The number of benzene rings is 1. The van der Waals surface area contributed by atoms with Crippen LogP contribution < -0.4 is 0 Å². The maximum Gasteiger partial charge on any atom is 0.309 e. The highest BCUT2D eigenvalue weighted by Crippen LogP contribution is 2.22. The summed E-state index contributed by atoms with van der Waals surface area (Å²) in [7, 11) is 0. The van der Waals surface area contributed by atoms with Crippen LogP contribution in [0.4, 0.5) is 0 Å². The van der Waals surface area contributed by atoms with Crippen molar-refractivity contribution in [2.24, 2.45) is 5.92 Å². The van der Waals surface area contributed by atoms with Gasteiger partial charge in [0, 0.05) is 18.7 Å². The number of esters is 1. The van der Waals surface area contributed by atoms with Crippen molar-refractivity contribution in [1.29, 1.82) is 0 Å². The largest absolute Gasteiger partial charge is 0.454 e. The molecule has 1 saturated heterocycles. The minimum atomic E-state index is -0.810. The molecule has 1 amide bonds. The van der Waals surface area contributed by atoms with E-state index in [0.717, 1.165) is 0 Å². The summed E-state index contributed by atoms with van der Waals surface area (Å²) in [6.45, 7) is 2.65. The molecule has 3 rings (SSSR count). The molecule has 0 spiro atoms. The normalized spacial score (nSPS) is 16.1. The van der Waals surface area contributed by atoms with E-state index >= 15 is 0 Å². The fourth-order valence-corrected chi connectivity index (χ4v) is 3.73. The lowest BCUT2D eigenvalue weighted by molar-refractivity contribution is -0.152. The fourth-order valence-electron chi connectivity index (χ4n) is 3.04. The van der Waals surface area contributed by atoms with Gasteiger partial charge in [0.05, 0.1) is 10.8 Å². The number of ketones is 1. The van der Waals surface area contributed by atoms with Gasteiger partial charge in [-0.25, -0.2) is 0 Å². The van der Waals surface area contributed by atoms with Crippen LogP contribution in [0.2, 0.25) is 0 Å². The lowest BCUT2D eigenvalue weighted by Crippen LogP contribution is -2.41. The van der Waals surface area contributed by atoms with Crippen LogP contribution in [-0.2, 0) is 9.53 Å².